The molecule has 0 amide bonds. The van der Waals surface area contributed by atoms with E-state index in [1.54, 1.807) is 16.4 Å². The highest BCUT2D eigenvalue weighted by Gasteiger charge is 2.24. The highest BCUT2D eigenvalue weighted by atomic mass is 32.2. The van der Waals surface area contributed by atoms with Crippen molar-refractivity contribution in [2.45, 2.75) is 38.0 Å². The van der Waals surface area contributed by atoms with Gasteiger partial charge in [-0.15, -0.1) is 0 Å². The van der Waals surface area contributed by atoms with Crippen molar-refractivity contribution in [3.63, 3.8) is 0 Å². The van der Waals surface area contributed by atoms with Crippen LogP contribution in [0.4, 0.5) is 5.69 Å². The van der Waals surface area contributed by atoms with Gasteiger partial charge in [0.1, 0.15) is 0 Å². The zero-order valence-corrected chi connectivity index (χ0v) is 12.5. The number of nitrogens with one attached hydrogen (secondary N) is 1. The monoisotopic (exact) mass is 282 g/mol. The lowest BCUT2D eigenvalue weighted by molar-refractivity contribution is 0.410. The van der Waals surface area contributed by atoms with Gasteiger partial charge in [0.05, 0.1) is 4.90 Å². The van der Waals surface area contributed by atoms with Gasteiger partial charge in [0.25, 0.3) is 0 Å². The highest BCUT2D eigenvalue weighted by molar-refractivity contribution is 7.89. The summed E-state index contributed by atoms with van der Waals surface area (Å²) in [6, 6.07) is 5.44. The zero-order chi connectivity index (χ0) is 13.9. The van der Waals surface area contributed by atoms with Crippen LogP contribution in [0.1, 0.15) is 32.3 Å². The molecule has 0 bridgehead atoms. The normalized spacial score (nSPS) is 14.5. The molecule has 1 heterocycles. The van der Waals surface area contributed by atoms with E-state index in [1.807, 2.05) is 19.9 Å². The largest absolute Gasteiger partial charge is 0.384 e. The van der Waals surface area contributed by atoms with Crippen LogP contribution in [-0.2, 0) is 16.4 Å². The summed E-state index contributed by atoms with van der Waals surface area (Å²) in [7, 11) is -3.35. The van der Waals surface area contributed by atoms with E-state index in [9.17, 15) is 8.42 Å². The van der Waals surface area contributed by atoms with Crippen LogP contribution in [0.5, 0.6) is 0 Å². The summed E-state index contributed by atoms with van der Waals surface area (Å²) in [6.45, 7) is 6.07. The first kappa shape index (κ1) is 14.3. The lowest BCUT2D eigenvalue weighted by Gasteiger charge is -2.21. The molecule has 1 aliphatic rings. The molecule has 4 nitrogen and oxygen atoms in total. The molecule has 0 fully saturated rings. The fraction of sp³-hybridized carbons (Fsp3) is 0.571. The number of anilines is 1. The molecule has 0 aromatic heterocycles. The van der Waals surface area contributed by atoms with Crippen molar-refractivity contribution in [1.82, 2.24) is 4.31 Å². The Bertz CT molecular complexity index is 534. The standard InChI is InChI=1S/C14H22N2O2S/c1-3-9-16(10-4-2)19(17,18)13-6-5-12-7-8-15-14(12)11-13/h5-6,11,15H,3-4,7-10H2,1-2H3. The van der Waals surface area contributed by atoms with Crippen molar-refractivity contribution in [2.75, 3.05) is 25.0 Å². The first-order valence-corrected chi connectivity index (χ1v) is 8.40. The summed E-state index contributed by atoms with van der Waals surface area (Å²) in [4.78, 5) is 0.405. The summed E-state index contributed by atoms with van der Waals surface area (Å²) in [5.41, 5.74) is 2.17. The Morgan fingerprint density at radius 3 is 2.53 bits per heavy atom. The molecule has 1 N–H and O–H groups in total. The summed E-state index contributed by atoms with van der Waals surface area (Å²) in [5, 5.41) is 3.23. The van der Waals surface area contributed by atoms with Crippen LogP contribution in [0.2, 0.25) is 0 Å². The van der Waals surface area contributed by atoms with Gasteiger partial charge >= 0.3 is 0 Å². The summed E-state index contributed by atoms with van der Waals surface area (Å²) >= 11 is 0. The summed E-state index contributed by atoms with van der Waals surface area (Å²) in [5.74, 6) is 0. The second-order valence-corrected chi connectivity index (χ2v) is 6.84. The van der Waals surface area contributed by atoms with Crippen LogP contribution in [0, 0.1) is 0 Å². The van der Waals surface area contributed by atoms with Crippen LogP contribution < -0.4 is 5.32 Å². The number of fused-ring (bicyclic) bond motifs is 1. The van der Waals surface area contributed by atoms with E-state index < -0.39 is 10.0 Å². The van der Waals surface area contributed by atoms with E-state index in [4.69, 9.17) is 0 Å². The zero-order valence-electron chi connectivity index (χ0n) is 11.6. The minimum absolute atomic E-state index is 0.405. The summed E-state index contributed by atoms with van der Waals surface area (Å²) < 4.78 is 26.8. The molecule has 1 aromatic carbocycles. The molecule has 2 rings (SSSR count). The quantitative estimate of drug-likeness (QED) is 0.872. The number of hydrogen-bond acceptors (Lipinski definition) is 3. The molecular formula is C14H22N2O2S. The predicted molar refractivity (Wildman–Crippen MR) is 78.0 cm³/mol. The van der Waals surface area contributed by atoms with Gasteiger partial charge < -0.3 is 5.32 Å². The average molecular weight is 282 g/mol. The van der Waals surface area contributed by atoms with E-state index in [1.165, 1.54) is 5.56 Å². The fourth-order valence-corrected chi connectivity index (χ4v) is 4.08. The van der Waals surface area contributed by atoms with E-state index >= 15 is 0 Å². The first-order chi connectivity index (χ1) is 9.09. The Hall–Kier alpha value is -1.07. The molecular weight excluding hydrogens is 260 g/mol. The number of nitrogens with zero attached hydrogens (tertiary/aromatic N) is 1. The Kier molecular flexibility index (Phi) is 4.47. The molecule has 0 radical (unpaired) electrons. The maximum atomic E-state index is 12.6. The van der Waals surface area contributed by atoms with Crippen molar-refractivity contribution < 1.29 is 8.42 Å². The summed E-state index contributed by atoms with van der Waals surface area (Å²) in [6.07, 6.45) is 2.65. The lowest BCUT2D eigenvalue weighted by Crippen LogP contribution is -2.32. The Morgan fingerprint density at radius 1 is 1.21 bits per heavy atom. The molecule has 106 valence electrons. The Balaban J connectivity index is 2.32. The Labute approximate surface area is 115 Å². The topological polar surface area (TPSA) is 49.4 Å². The van der Waals surface area contributed by atoms with E-state index in [-0.39, 0.29) is 0 Å². The van der Waals surface area contributed by atoms with Gasteiger partial charge in [-0.1, -0.05) is 19.9 Å². The lowest BCUT2D eigenvalue weighted by atomic mass is 10.2. The molecule has 1 aliphatic heterocycles. The van der Waals surface area contributed by atoms with Gasteiger partial charge in [-0.2, -0.15) is 4.31 Å². The third kappa shape index (κ3) is 2.92. The molecule has 5 heteroatoms. The van der Waals surface area contributed by atoms with Crippen molar-refractivity contribution in [3.8, 4) is 0 Å². The van der Waals surface area contributed by atoms with Gasteiger partial charge in [-0.05, 0) is 37.0 Å². The van der Waals surface area contributed by atoms with Gasteiger partial charge in [0, 0.05) is 25.3 Å². The van der Waals surface area contributed by atoms with Crippen molar-refractivity contribution in [2.24, 2.45) is 0 Å². The van der Waals surface area contributed by atoms with Gasteiger partial charge in [0.15, 0.2) is 0 Å². The van der Waals surface area contributed by atoms with Crippen LogP contribution in [0.3, 0.4) is 0 Å². The smallest absolute Gasteiger partial charge is 0.243 e. The van der Waals surface area contributed by atoms with Crippen LogP contribution in [0.25, 0.3) is 0 Å². The second-order valence-electron chi connectivity index (χ2n) is 4.90. The molecule has 0 saturated heterocycles. The third-order valence-electron chi connectivity index (χ3n) is 3.37. The molecule has 0 aliphatic carbocycles. The minimum Gasteiger partial charge on any atom is -0.384 e. The number of sulfonamides is 1. The number of hydrogen-bond donors (Lipinski definition) is 1. The molecule has 0 unspecified atom stereocenters. The third-order valence-corrected chi connectivity index (χ3v) is 5.27. The van der Waals surface area contributed by atoms with Crippen molar-refractivity contribution >= 4 is 15.7 Å². The second kappa shape index (κ2) is 5.92. The van der Waals surface area contributed by atoms with E-state index in [2.05, 4.69) is 5.32 Å². The van der Waals surface area contributed by atoms with Crippen molar-refractivity contribution in [3.05, 3.63) is 23.8 Å². The highest BCUT2D eigenvalue weighted by Crippen LogP contribution is 2.27. The molecule has 0 saturated carbocycles. The average Bonchev–Trinajstić information content (AvgIpc) is 2.85. The van der Waals surface area contributed by atoms with Crippen LogP contribution in [-0.4, -0.2) is 32.4 Å². The number of rotatable bonds is 6. The Morgan fingerprint density at radius 2 is 1.89 bits per heavy atom. The van der Waals surface area contributed by atoms with E-state index in [0.29, 0.717) is 18.0 Å². The maximum Gasteiger partial charge on any atom is 0.243 e. The van der Waals surface area contributed by atoms with Crippen molar-refractivity contribution in [1.29, 1.82) is 0 Å². The van der Waals surface area contributed by atoms with Crippen LogP contribution in [0.15, 0.2) is 23.1 Å². The fourth-order valence-electron chi connectivity index (χ4n) is 2.43. The SMILES string of the molecule is CCCN(CCC)S(=O)(=O)c1ccc2c(c1)NCC2. The molecule has 19 heavy (non-hydrogen) atoms. The molecule has 0 spiro atoms. The van der Waals surface area contributed by atoms with Crippen LogP contribution >= 0.6 is 0 Å². The minimum atomic E-state index is -3.35. The van der Waals surface area contributed by atoms with Gasteiger partial charge in [0.2, 0.25) is 10.0 Å². The van der Waals surface area contributed by atoms with Gasteiger partial charge in [-0.25, -0.2) is 8.42 Å². The maximum absolute atomic E-state index is 12.6. The predicted octanol–water partition coefficient (Wildman–Crippen LogP) is 2.47. The van der Waals surface area contributed by atoms with E-state index in [0.717, 1.165) is 31.5 Å². The molecule has 1 aromatic rings. The number of benzene rings is 1. The van der Waals surface area contributed by atoms with Gasteiger partial charge in [-0.3, -0.25) is 0 Å². The molecule has 0 atom stereocenters. The first-order valence-electron chi connectivity index (χ1n) is 6.96.